The lowest BCUT2D eigenvalue weighted by Gasteiger charge is -2.03. The molecule has 0 aliphatic carbocycles. The van der Waals surface area contributed by atoms with Gasteiger partial charge in [0.25, 0.3) is 0 Å². The van der Waals surface area contributed by atoms with E-state index in [0.29, 0.717) is 15.9 Å². The molecule has 0 amide bonds. The van der Waals surface area contributed by atoms with Crippen LogP contribution >= 0.6 is 46.6 Å². The molecule has 1 heterocycles. The lowest BCUT2D eigenvalue weighted by molar-refractivity contribution is 0.903. The van der Waals surface area contributed by atoms with Crippen LogP contribution < -0.4 is 0 Å². The fourth-order valence-corrected chi connectivity index (χ4v) is 2.72. The molecule has 1 aromatic heterocycles. The molecule has 2 aromatic rings. The van der Waals surface area contributed by atoms with Crippen LogP contribution in [-0.4, -0.2) is 15.0 Å². The van der Waals surface area contributed by atoms with Crippen molar-refractivity contribution in [2.75, 3.05) is 0 Å². The first-order chi connectivity index (χ1) is 8.15. The van der Waals surface area contributed by atoms with Crippen LogP contribution in [0.2, 0.25) is 15.6 Å². The van der Waals surface area contributed by atoms with Crippen LogP contribution in [0.4, 0.5) is 0 Å². The Bertz CT molecular complexity index is 516. The molecule has 0 radical (unpaired) electrons. The van der Waals surface area contributed by atoms with Crippen molar-refractivity contribution in [3.63, 3.8) is 0 Å². The molecule has 2 rings (SSSR count). The highest BCUT2D eigenvalue weighted by molar-refractivity contribution is 7.98. The van der Waals surface area contributed by atoms with E-state index in [-0.39, 0.29) is 10.6 Å². The molecule has 0 fully saturated rings. The minimum atomic E-state index is 0.0895. The molecule has 17 heavy (non-hydrogen) atoms. The number of nitrogens with zero attached hydrogens (tertiary/aromatic N) is 3. The van der Waals surface area contributed by atoms with Crippen LogP contribution in [0.15, 0.2) is 29.4 Å². The topological polar surface area (TPSA) is 38.7 Å². The largest absolute Gasteiger partial charge is 0.227 e. The number of thioether (sulfide) groups is 1. The summed E-state index contributed by atoms with van der Waals surface area (Å²) < 4.78 is 0. The summed E-state index contributed by atoms with van der Waals surface area (Å²) in [5, 5.41) is 1.37. The SMILES string of the molecule is Clc1nc(Cl)nc(SCc2ccccc2Cl)n1. The smallest absolute Gasteiger partial charge is 0.192 e. The second-order valence-corrected chi connectivity index (χ2v) is 5.06. The van der Waals surface area contributed by atoms with Crippen LogP contribution in [0.1, 0.15) is 5.56 Å². The summed E-state index contributed by atoms with van der Waals surface area (Å²) in [6, 6.07) is 7.59. The predicted molar refractivity (Wildman–Crippen MR) is 70.9 cm³/mol. The third-order valence-corrected chi connectivity index (χ3v) is 3.48. The Labute approximate surface area is 118 Å². The van der Waals surface area contributed by atoms with Gasteiger partial charge >= 0.3 is 0 Å². The monoisotopic (exact) mass is 305 g/mol. The summed E-state index contributed by atoms with van der Waals surface area (Å²) in [5.41, 5.74) is 1.01. The number of benzene rings is 1. The highest BCUT2D eigenvalue weighted by Crippen LogP contribution is 2.25. The van der Waals surface area contributed by atoms with Gasteiger partial charge in [-0.2, -0.15) is 15.0 Å². The Morgan fingerprint density at radius 1 is 0.941 bits per heavy atom. The van der Waals surface area contributed by atoms with Gasteiger partial charge < -0.3 is 0 Å². The van der Waals surface area contributed by atoms with Crippen molar-refractivity contribution < 1.29 is 0 Å². The molecular formula is C10H6Cl3N3S. The van der Waals surface area contributed by atoms with Gasteiger partial charge in [-0.25, -0.2) is 0 Å². The van der Waals surface area contributed by atoms with E-state index in [0.717, 1.165) is 5.56 Å². The number of halogens is 3. The first-order valence-electron chi connectivity index (χ1n) is 4.58. The van der Waals surface area contributed by atoms with Crippen LogP contribution in [-0.2, 0) is 5.75 Å². The number of hydrogen-bond acceptors (Lipinski definition) is 4. The molecule has 0 spiro atoms. The van der Waals surface area contributed by atoms with Crippen molar-refractivity contribution in [1.29, 1.82) is 0 Å². The van der Waals surface area contributed by atoms with Crippen molar-refractivity contribution in [2.24, 2.45) is 0 Å². The zero-order valence-corrected chi connectivity index (χ0v) is 11.5. The number of rotatable bonds is 3. The molecule has 0 saturated carbocycles. The van der Waals surface area contributed by atoms with Gasteiger partial charge in [0.15, 0.2) is 5.16 Å². The molecule has 0 N–H and O–H groups in total. The Hall–Kier alpha value is -0.550. The quantitative estimate of drug-likeness (QED) is 0.799. The van der Waals surface area contributed by atoms with Gasteiger partial charge in [0.05, 0.1) is 0 Å². The van der Waals surface area contributed by atoms with Gasteiger partial charge in [0.2, 0.25) is 10.6 Å². The summed E-state index contributed by atoms with van der Waals surface area (Å²) in [5.74, 6) is 0.649. The molecule has 88 valence electrons. The fourth-order valence-electron chi connectivity index (χ4n) is 1.13. The summed E-state index contributed by atoms with van der Waals surface area (Å²) >= 11 is 18.8. The molecule has 3 nitrogen and oxygen atoms in total. The molecule has 0 unspecified atom stereocenters. The highest BCUT2D eigenvalue weighted by atomic mass is 35.5. The van der Waals surface area contributed by atoms with Crippen LogP contribution in [0.25, 0.3) is 0 Å². The zero-order valence-electron chi connectivity index (χ0n) is 8.40. The van der Waals surface area contributed by atoms with E-state index < -0.39 is 0 Å². The van der Waals surface area contributed by atoms with Gasteiger partial charge in [-0.15, -0.1) is 0 Å². The molecule has 0 saturated heterocycles. The molecule has 7 heteroatoms. The minimum Gasteiger partial charge on any atom is -0.192 e. The summed E-state index contributed by atoms with van der Waals surface area (Å²) in [6.07, 6.45) is 0. The number of hydrogen-bond donors (Lipinski definition) is 0. The van der Waals surface area contributed by atoms with E-state index in [4.69, 9.17) is 34.8 Å². The lowest BCUT2D eigenvalue weighted by Crippen LogP contribution is -1.92. The zero-order chi connectivity index (χ0) is 12.3. The normalized spacial score (nSPS) is 10.5. The summed E-state index contributed by atoms with van der Waals surface area (Å²) in [6.45, 7) is 0. The van der Waals surface area contributed by atoms with Crippen LogP contribution in [0.5, 0.6) is 0 Å². The van der Waals surface area contributed by atoms with Gasteiger partial charge in [0, 0.05) is 10.8 Å². The van der Waals surface area contributed by atoms with Crippen molar-refractivity contribution >= 4 is 46.6 Å². The molecular weight excluding hydrogens is 301 g/mol. The standard InChI is InChI=1S/C10H6Cl3N3S/c11-7-4-2-1-3-6(7)5-17-10-15-8(12)14-9(13)16-10/h1-4H,5H2. The van der Waals surface area contributed by atoms with Crippen molar-refractivity contribution in [2.45, 2.75) is 10.9 Å². The maximum absolute atomic E-state index is 6.03. The second-order valence-electron chi connectivity index (χ2n) is 3.04. The summed E-state index contributed by atoms with van der Waals surface area (Å²) in [4.78, 5) is 11.6. The Morgan fingerprint density at radius 3 is 2.24 bits per heavy atom. The highest BCUT2D eigenvalue weighted by Gasteiger charge is 2.05. The molecule has 1 aromatic carbocycles. The fraction of sp³-hybridized carbons (Fsp3) is 0.100. The molecule has 0 aliphatic rings. The predicted octanol–water partition coefficient (Wildman–Crippen LogP) is 4.12. The average molecular weight is 307 g/mol. The Balaban J connectivity index is 2.10. The van der Waals surface area contributed by atoms with E-state index in [9.17, 15) is 0 Å². The van der Waals surface area contributed by atoms with Crippen LogP contribution in [0, 0.1) is 0 Å². The van der Waals surface area contributed by atoms with E-state index in [1.165, 1.54) is 11.8 Å². The van der Waals surface area contributed by atoms with Gasteiger partial charge in [0.1, 0.15) is 0 Å². The van der Waals surface area contributed by atoms with E-state index in [1.54, 1.807) is 0 Å². The lowest BCUT2D eigenvalue weighted by atomic mass is 10.2. The van der Waals surface area contributed by atoms with E-state index in [1.807, 2.05) is 24.3 Å². The van der Waals surface area contributed by atoms with Gasteiger partial charge in [-0.3, -0.25) is 0 Å². The average Bonchev–Trinajstić information content (AvgIpc) is 2.27. The minimum absolute atomic E-state index is 0.0895. The van der Waals surface area contributed by atoms with E-state index >= 15 is 0 Å². The van der Waals surface area contributed by atoms with Gasteiger partial charge in [-0.1, -0.05) is 41.6 Å². The third kappa shape index (κ3) is 3.71. The van der Waals surface area contributed by atoms with Gasteiger partial charge in [-0.05, 0) is 34.8 Å². The maximum atomic E-state index is 6.03. The maximum Gasteiger partial charge on any atom is 0.227 e. The first-order valence-corrected chi connectivity index (χ1v) is 6.70. The van der Waals surface area contributed by atoms with Crippen molar-refractivity contribution in [1.82, 2.24) is 15.0 Å². The first kappa shape index (κ1) is 12.9. The van der Waals surface area contributed by atoms with Crippen LogP contribution in [0.3, 0.4) is 0 Å². The van der Waals surface area contributed by atoms with Crippen molar-refractivity contribution in [3.8, 4) is 0 Å². The van der Waals surface area contributed by atoms with E-state index in [2.05, 4.69) is 15.0 Å². The number of aromatic nitrogens is 3. The molecule has 0 aliphatic heterocycles. The van der Waals surface area contributed by atoms with Crippen molar-refractivity contribution in [3.05, 3.63) is 45.4 Å². The molecule has 0 bridgehead atoms. The summed E-state index contributed by atoms with van der Waals surface area (Å²) in [7, 11) is 0. The Morgan fingerprint density at radius 2 is 1.59 bits per heavy atom. The third-order valence-electron chi connectivity index (χ3n) is 1.87. The molecule has 0 atom stereocenters. The Kier molecular flexibility index (Phi) is 4.45. The second kappa shape index (κ2) is 5.87.